The molecule has 0 aliphatic heterocycles. The first-order chi connectivity index (χ1) is 6.87. The van der Waals surface area contributed by atoms with E-state index in [1.54, 1.807) is 7.11 Å². The van der Waals surface area contributed by atoms with Crippen LogP contribution in [-0.2, 0) is 4.74 Å². The molecule has 0 heterocycles. The summed E-state index contributed by atoms with van der Waals surface area (Å²) >= 11 is 0. The SMILES string of the molecule is COCC(C)CNCC(C)(C)CN(C)C. The van der Waals surface area contributed by atoms with Crippen molar-refractivity contribution in [3.8, 4) is 0 Å². The van der Waals surface area contributed by atoms with Crippen molar-refractivity contribution in [3.05, 3.63) is 0 Å². The van der Waals surface area contributed by atoms with Gasteiger partial charge in [0.1, 0.15) is 0 Å². The molecular formula is C12H28N2O. The number of hydrogen-bond acceptors (Lipinski definition) is 3. The van der Waals surface area contributed by atoms with E-state index in [2.05, 4.69) is 45.1 Å². The number of hydrogen-bond donors (Lipinski definition) is 1. The smallest absolute Gasteiger partial charge is 0.0499 e. The number of nitrogens with zero attached hydrogens (tertiary/aromatic N) is 1. The van der Waals surface area contributed by atoms with Crippen LogP contribution in [0.2, 0.25) is 0 Å². The van der Waals surface area contributed by atoms with Crippen LogP contribution < -0.4 is 5.32 Å². The van der Waals surface area contributed by atoms with E-state index in [9.17, 15) is 0 Å². The molecule has 0 saturated carbocycles. The Hall–Kier alpha value is -0.120. The highest BCUT2D eigenvalue weighted by Crippen LogP contribution is 2.14. The van der Waals surface area contributed by atoms with Crippen molar-refractivity contribution in [1.29, 1.82) is 0 Å². The fourth-order valence-electron chi connectivity index (χ4n) is 1.91. The van der Waals surface area contributed by atoms with E-state index in [-0.39, 0.29) is 0 Å². The van der Waals surface area contributed by atoms with Gasteiger partial charge in [0.25, 0.3) is 0 Å². The third-order valence-corrected chi connectivity index (χ3v) is 2.29. The van der Waals surface area contributed by atoms with Gasteiger partial charge in [0.15, 0.2) is 0 Å². The van der Waals surface area contributed by atoms with Crippen molar-refractivity contribution in [1.82, 2.24) is 10.2 Å². The molecule has 0 fully saturated rings. The Kier molecular flexibility index (Phi) is 7.14. The minimum Gasteiger partial charge on any atom is -0.384 e. The Bertz CT molecular complexity index is 158. The molecule has 0 amide bonds. The fraction of sp³-hybridized carbons (Fsp3) is 1.00. The average molecular weight is 216 g/mol. The third-order valence-electron chi connectivity index (χ3n) is 2.29. The van der Waals surface area contributed by atoms with E-state index in [0.717, 1.165) is 26.2 Å². The molecule has 0 bridgehead atoms. The van der Waals surface area contributed by atoms with Gasteiger partial charge in [-0.3, -0.25) is 0 Å². The lowest BCUT2D eigenvalue weighted by Gasteiger charge is -2.29. The van der Waals surface area contributed by atoms with Crippen LogP contribution in [-0.4, -0.2) is 52.3 Å². The second-order valence-electron chi connectivity index (χ2n) is 5.59. The minimum absolute atomic E-state index is 0.330. The van der Waals surface area contributed by atoms with Crippen LogP contribution in [0.1, 0.15) is 20.8 Å². The Morgan fingerprint density at radius 3 is 2.40 bits per heavy atom. The molecule has 15 heavy (non-hydrogen) atoms. The quantitative estimate of drug-likeness (QED) is 0.664. The Balaban J connectivity index is 3.65. The first kappa shape index (κ1) is 14.9. The van der Waals surface area contributed by atoms with Crippen LogP contribution in [0.5, 0.6) is 0 Å². The second kappa shape index (κ2) is 7.20. The van der Waals surface area contributed by atoms with Crippen molar-refractivity contribution >= 4 is 0 Å². The summed E-state index contributed by atoms with van der Waals surface area (Å²) in [6, 6.07) is 0. The molecule has 1 N–H and O–H groups in total. The van der Waals surface area contributed by atoms with Crippen molar-refractivity contribution in [3.63, 3.8) is 0 Å². The van der Waals surface area contributed by atoms with Gasteiger partial charge in [0.2, 0.25) is 0 Å². The van der Waals surface area contributed by atoms with Gasteiger partial charge in [0.05, 0.1) is 0 Å². The van der Waals surface area contributed by atoms with Gasteiger partial charge in [-0.1, -0.05) is 20.8 Å². The zero-order chi connectivity index (χ0) is 11.9. The molecular weight excluding hydrogens is 188 g/mol. The molecule has 3 nitrogen and oxygen atoms in total. The molecule has 0 spiro atoms. The maximum Gasteiger partial charge on any atom is 0.0499 e. The molecule has 1 unspecified atom stereocenters. The summed E-state index contributed by atoms with van der Waals surface area (Å²) in [5, 5.41) is 3.51. The predicted octanol–water partition coefficient (Wildman–Crippen LogP) is 1.45. The number of methoxy groups -OCH3 is 1. The molecule has 0 aliphatic rings. The molecule has 0 rings (SSSR count). The lowest BCUT2D eigenvalue weighted by Crippen LogP contribution is -2.39. The largest absolute Gasteiger partial charge is 0.384 e. The lowest BCUT2D eigenvalue weighted by molar-refractivity contribution is 0.154. The topological polar surface area (TPSA) is 24.5 Å². The summed E-state index contributed by atoms with van der Waals surface area (Å²) in [4.78, 5) is 2.24. The Morgan fingerprint density at radius 1 is 1.33 bits per heavy atom. The van der Waals surface area contributed by atoms with Crippen LogP contribution >= 0.6 is 0 Å². The average Bonchev–Trinajstić information content (AvgIpc) is 2.01. The van der Waals surface area contributed by atoms with Crippen LogP contribution in [0.4, 0.5) is 0 Å². The summed E-state index contributed by atoms with van der Waals surface area (Å²) in [5.41, 5.74) is 0.330. The van der Waals surface area contributed by atoms with Crippen molar-refractivity contribution in [2.24, 2.45) is 11.3 Å². The maximum atomic E-state index is 5.10. The molecule has 1 atom stereocenters. The van der Waals surface area contributed by atoms with E-state index in [1.807, 2.05) is 0 Å². The fourth-order valence-corrected chi connectivity index (χ4v) is 1.91. The standard InChI is InChI=1S/C12H28N2O/c1-11(8-15-6)7-13-9-12(2,3)10-14(4)5/h11,13H,7-10H2,1-6H3. The van der Waals surface area contributed by atoms with Crippen LogP contribution in [0.25, 0.3) is 0 Å². The van der Waals surface area contributed by atoms with Crippen LogP contribution in [0.3, 0.4) is 0 Å². The summed E-state index contributed by atoms with van der Waals surface area (Å²) in [7, 11) is 6.00. The van der Waals surface area contributed by atoms with E-state index >= 15 is 0 Å². The summed E-state index contributed by atoms with van der Waals surface area (Å²) in [5.74, 6) is 0.588. The number of rotatable bonds is 8. The number of nitrogens with one attached hydrogen (secondary N) is 1. The minimum atomic E-state index is 0.330. The summed E-state index contributed by atoms with van der Waals surface area (Å²) < 4.78 is 5.10. The maximum absolute atomic E-state index is 5.10. The van der Waals surface area contributed by atoms with Gasteiger partial charge in [-0.05, 0) is 32.0 Å². The van der Waals surface area contributed by atoms with Gasteiger partial charge in [-0.15, -0.1) is 0 Å². The van der Waals surface area contributed by atoms with E-state index in [1.165, 1.54) is 0 Å². The molecule has 0 radical (unpaired) electrons. The molecule has 0 aromatic rings. The molecule has 0 aliphatic carbocycles. The summed E-state index contributed by atoms with van der Waals surface area (Å²) in [6.45, 7) is 10.8. The molecule has 92 valence electrons. The van der Waals surface area contributed by atoms with E-state index in [0.29, 0.717) is 11.3 Å². The molecule has 3 heteroatoms. The third kappa shape index (κ3) is 8.85. The monoisotopic (exact) mass is 216 g/mol. The van der Waals surface area contributed by atoms with Gasteiger partial charge in [-0.2, -0.15) is 0 Å². The second-order valence-corrected chi connectivity index (χ2v) is 5.59. The van der Waals surface area contributed by atoms with E-state index < -0.39 is 0 Å². The van der Waals surface area contributed by atoms with Gasteiger partial charge >= 0.3 is 0 Å². The highest BCUT2D eigenvalue weighted by atomic mass is 16.5. The highest BCUT2D eigenvalue weighted by Gasteiger charge is 2.18. The van der Waals surface area contributed by atoms with E-state index in [4.69, 9.17) is 4.74 Å². The Labute approximate surface area is 95.2 Å². The van der Waals surface area contributed by atoms with Crippen LogP contribution in [0.15, 0.2) is 0 Å². The van der Waals surface area contributed by atoms with Crippen molar-refractivity contribution < 1.29 is 4.74 Å². The first-order valence-corrected chi connectivity index (χ1v) is 5.72. The van der Waals surface area contributed by atoms with Crippen molar-refractivity contribution in [2.45, 2.75) is 20.8 Å². The Morgan fingerprint density at radius 2 is 1.93 bits per heavy atom. The molecule has 0 aromatic heterocycles. The lowest BCUT2D eigenvalue weighted by atomic mass is 9.93. The van der Waals surface area contributed by atoms with Gasteiger partial charge in [0, 0.05) is 26.8 Å². The van der Waals surface area contributed by atoms with Crippen molar-refractivity contribution in [2.75, 3.05) is 47.4 Å². The van der Waals surface area contributed by atoms with Gasteiger partial charge < -0.3 is 15.0 Å². The molecule has 0 saturated heterocycles. The predicted molar refractivity (Wildman–Crippen MR) is 66.2 cm³/mol. The van der Waals surface area contributed by atoms with Gasteiger partial charge in [-0.25, -0.2) is 0 Å². The summed E-state index contributed by atoms with van der Waals surface area (Å²) in [6.07, 6.45) is 0. The first-order valence-electron chi connectivity index (χ1n) is 5.72. The normalized spacial score (nSPS) is 14.6. The zero-order valence-corrected chi connectivity index (χ0v) is 11.3. The molecule has 0 aromatic carbocycles. The zero-order valence-electron chi connectivity index (χ0n) is 11.3. The number of ether oxygens (including phenoxy) is 1. The van der Waals surface area contributed by atoms with Crippen LogP contribution in [0, 0.1) is 11.3 Å². The highest BCUT2D eigenvalue weighted by molar-refractivity contribution is 4.74.